The Labute approximate surface area is 146 Å². The van der Waals surface area contributed by atoms with Crippen LogP contribution in [-0.2, 0) is 11.2 Å². The summed E-state index contributed by atoms with van der Waals surface area (Å²) in [5.41, 5.74) is 4.47. The number of amides is 1. The lowest BCUT2D eigenvalue weighted by Gasteiger charge is -2.28. The van der Waals surface area contributed by atoms with Gasteiger partial charge in [0, 0.05) is 24.5 Å². The summed E-state index contributed by atoms with van der Waals surface area (Å²) in [7, 11) is 0. The van der Waals surface area contributed by atoms with E-state index in [0.29, 0.717) is 12.0 Å². The van der Waals surface area contributed by atoms with Crippen LogP contribution in [-0.4, -0.2) is 24.0 Å². The van der Waals surface area contributed by atoms with Crippen LogP contribution >= 0.6 is 0 Å². The normalized spacial score (nSPS) is 14.6. The molecule has 5 heteroatoms. The van der Waals surface area contributed by atoms with Crippen molar-refractivity contribution in [3.05, 3.63) is 54.4 Å². The van der Waals surface area contributed by atoms with E-state index in [-0.39, 0.29) is 5.91 Å². The molecule has 1 aromatic heterocycles. The average molecular weight is 335 g/mol. The minimum Gasteiger partial charge on any atom is -0.443 e. The van der Waals surface area contributed by atoms with Crippen LogP contribution in [0.2, 0.25) is 0 Å². The number of anilines is 2. The molecule has 0 spiro atoms. The van der Waals surface area contributed by atoms with Gasteiger partial charge < -0.3 is 14.6 Å². The first kappa shape index (κ1) is 15.7. The Morgan fingerprint density at radius 3 is 2.68 bits per heavy atom. The molecule has 1 N–H and O–H groups in total. The molecular weight excluding hydrogens is 314 g/mol. The number of aromatic nitrogens is 1. The molecule has 0 atom stereocenters. The summed E-state index contributed by atoms with van der Waals surface area (Å²) in [6.45, 7) is 2.24. The first-order valence-electron chi connectivity index (χ1n) is 8.75. The molecular formula is C20H21N3O2. The average Bonchev–Trinajstić information content (AvgIpc) is 3.11. The van der Waals surface area contributed by atoms with Gasteiger partial charge in [0.25, 0.3) is 0 Å². The third kappa shape index (κ3) is 3.65. The maximum atomic E-state index is 12.3. The Bertz CT molecular complexity index is 864. The molecule has 0 radical (unpaired) electrons. The Hall–Kier alpha value is -2.82. The minimum atomic E-state index is -0.0374. The molecule has 3 aromatic rings. The zero-order chi connectivity index (χ0) is 17.1. The predicted molar refractivity (Wildman–Crippen MR) is 98.8 cm³/mol. The van der Waals surface area contributed by atoms with E-state index < -0.39 is 0 Å². The number of benzene rings is 2. The number of hydrogen-bond donors (Lipinski definition) is 1. The second kappa shape index (κ2) is 6.97. The highest BCUT2D eigenvalue weighted by atomic mass is 16.3. The van der Waals surface area contributed by atoms with Gasteiger partial charge in [0.1, 0.15) is 5.52 Å². The van der Waals surface area contributed by atoms with Gasteiger partial charge in [0.15, 0.2) is 12.0 Å². The van der Waals surface area contributed by atoms with Crippen LogP contribution in [0.4, 0.5) is 11.4 Å². The van der Waals surface area contributed by atoms with Gasteiger partial charge in [0.2, 0.25) is 5.91 Å². The molecule has 2 aromatic carbocycles. The van der Waals surface area contributed by atoms with E-state index in [0.717, 1.165) is 29.9 Å². The van der Waals surface area contributed by atoms with E-state index in [2.05, 4.69) is 27.3 Å². The first-order chi connectivity index (χ1) is 12.3. The highest BCUT2D eigenvalue weighted by Gasteiger charge is 2.11. The molecule has 1 fully saturated rings. The van der Waals surface area contributed by atoms with E-state index in [9.17, 15) is 4.79 Å². The van der Waals surface area contributed by atoms with Gasteiger partial charge >= 0.3 is 0 Å². The molecule has 4 rings (SSSR count). The largest absolute Gasteiger partial charge is 0.443 e. The van der Waals surface area contributed by atoms with Crippen molar-refractivity contribution in [3.63, 3.8) is 0 Å². The molecule has 1 aliphatic rings. The lowest BCUT2D eigenvalue weighted by atomic mass is 10.1. The molecule has 0 saturated carbocycles. The minimum absolute atomic E-state index is 0.0374. The van der Waals surface area contributed by atoms with E-state index in [1.807, 2.05) is 30.3 Å². The maximum Gasteiger partial charge on any atom is 0.228 e. The Kier molecular flexibility index (Phi) is 4.37. The van der Waals surface area contributed by atoms with E-state index >= 15 is 0 Å². The molecule has 0 aliphatic carbocycles. The second-order valence-corrected chi connectivity index (χ2v) is 6.47. The van der Waals surface area contributed by atoms with Gasteiger partial charge in [-0.15, -0.1) is 0 Å². The molecule has 128 valence electrons. The number of nitrogens with one attached hydrogen (secondary N) is 1. The zero-order valence-electron chi connectivity index (χ0n) is 14.1. The fraction of sp³-hybridized carbons (Fsp3) is 0.300. The van der Waals surface area contributed by atoms with Crippen molar-refractivity contribution in [2.45, 2.75) is 25.7 Å². The van der Waals surface area contributed by atoms with Crippen molar-refractivity contribution in [2.24, 2.45) is 0 Å². The number of hydrogen-bond acceptors (Lipinski definition) is 4. The topological polar surface area (TPSA) is 58.4 Å². The smallest absolute Gasteiger partial charge is 0.228 e. The monoisotopic (exact) mass is 335 g/mol. The number of rotatable bonds is 4. The molecule has 5 nitrogen and oxygen atoms in total. The fourth-order valence-corrected chi connectivity index (χ4v) is 3.31. The first-order valence-corrected chi connectivity index (χ1v) is 8.75. The molecule has 25 heavy (non-hydrogen) atoms. The van der Waals surface area contributed by atoms with Crippen LogP contribution in [0, 0.1) is 0 Å². The fourth-order valence-electron chi connectivity index (χ4n) is 3.31. The van der Waals surface area contributed by atoms with Crippen molar-refractivity contribution in [1.29, 1.82) is 0 Å². The highest BCUT2D eigenvalue weighted by molar-refractivity contribution is 5.92. The van der Waals surface area contributed by atoms with E-state index in [4.69, 9.17) is 4.42 Å². The Morgan fingerprint density at radius 2 is 1.88 bits per heavy atom. The Balaban J connectivity index is 1.38. The molecule has 0 unspecified atom stereocenters. The van der Waals surface area contributed by atoms with Crippen molar-refractivity contribution in [2.75, 3.05) is 23.3 Å². The van der Waals surface area contributed by atoms with Crippen LogP contribution in [0.25, 0.3) is 11.1 Å². The summed E-state index contributed by atoms with van der Waals surface area (Å²) in [6, 6.07) is 13.8. The summed E-state index contributed by atoms with van der Waals surface area (Å²) in [5, 5.41) is 2.96. The Morgan fingerprint density at radius 1 is 1.08 bits per heavy atom. The van der Waals surface area contributed by atoms with Crippen LogP contribution in [0.15, 0.2) is 53.3 Å². The lowest BCUT2D eigenvalue weighted by Crippen LogP contribution is -2.29. The third-order valence-electron chi connectivity index (χ3n) is 4.63. The standard InChI is InChI=1S/C20H21N3O2/c24-20(13-15-4-9-18-19(12-15)25-14-21-18)22-16-5-7-17(8-6-16)23-10-2-1-3-11-23/h4-9,12,14H,1-3,10-11,13H2,(H,22,24). The number of carbonyl (C=O) groups excluding carboxylic acids is 1. The van der Waals surface area contributed by atoms with Crippen LogP contribution in [0.5, 0.6) is 0 Å². The van der Waals surface area contributed by atoms with Crippen molar-refractivity contribution < 1.29 is 9.21 Å². The van der Waals surface area contributed by atoms with Crippen LogP contribution in [0.1, 0.15) is 24.8 Å². The molecule has 2 heterocycles. The number of piperidine rings is 1. The van der Waals surface area contributed by atoms with Gasteiger partial charge in [-0.2, -0.15) is 0 Å². The quantitative estimate of drug-likeness (QED) is 0.783. The maximum absolute atomic E-state index is 12.3. The van der Waals surface area contributed by atoms with Gasteiger partial charge in [-0.1, -0.05) is 6.07 Å². The van der Waals surface area contributed by atoms with Crippen molar-refractivity contribution in [3.8, 4) is 0 Å². The highest BCUT2D eigenvalue weighted by Crippen LogP contribution is 2.22. The van der Waals surface area contributed by atoms with Crippen LogP contribution in [0.3, 0.4) is 0 Å². The summed E-state index contributed by atoms with van der Waals surface area (Å²) in [6.07, 6.45) is 5.56. The van der Waals surface area contributed by atoms with Gasteiger partial charge in [-0.25, -0.2) is 4.98 Å². The summed E-state index contributed by atoms with van der Waals surface area (Å²) in [4.78, 5) is 18.8. The summed E-state index contributed by atoms with van der Waals surface area (Å²) >= 11 is 0. The summed E-state index contributed by atoms with van der Waals surface area (Å²) in [5.74, 6) is -0.0374. The van der Waals surface area contributed by atoms with Gasteiger partial charge in [-0.05, 0) is 61.2 Å². The van der Waals surface area contributed by atoms with Crippen LogP contribution < -0.4 is 10.2 Å². The van der Waals surface area contributed by atoms with Gasteiger partial charge in [-0.3, -0.25) is 4.79 Å². The van der Waals surface area contributed by atoms with Crippen molar-refractivity contribution in [1.82, 2.24) is 4.98 Å². The molecule has 1 amide bonds. The number of fused-ring (bicyclic) bond motifs is 1. The third-order valence-corrected chi connectivity index (χ3v) is 4.63. The molecule has 1 saturated heterocycles. The predicted octanol–water partition coefficient (Wildman–Crippen LogP) is 4.00. The molecule has 0 bridgehead atoms. The van der Waals surface area contributed by atoms with E-state index in [1.54, 1.807) is 0 Å². The molecule has 1 aliphatic heterocycles. The SMILES string of the molecule is O=C(Cc1ccc2ncoc2c1)Nc1ccc(N2CCCCC2)cc1. The van der Waals surface area contributed by atoms with E-state index in [1.165, 1.54) is 31.3 Å². The summed E-state index contributed by atoms with van der Waals surface area (Å²) < 4.78 is 5.28. The number of oxazole rings is 1. The number of carbonyl (C=O) groups is 1. The van der Waals surface area contributed by atoms with Crippen molar-refractivity contribution >= 4 is 28.4 Å². The number of nitrogens with zero attached hydrogens (tertiary/aromatic N) is 2. The zero-order valence-corrected chi connectivity index (χ0v) is 14.1. The van der Waals surface area contributed by atoms with Gasteiger partial charge in [0.05, 0.1) is 6.42 Å². The second-order valence-electron chi connectivity index (χ2n) is 6.47. The lowest BCUT2D eigenvalue weighted by molar-refractivity contribution is -0.115.